The lowest BCUT2D eigenvalue weighted by atomic mass is 10.1. The minimum atomic E-state index is -0.821. The molecule has 4 N–H and O–H groups in total. The van der Waals surface area contributed by atoms with Crippen molar-refractivity contribution in [2.24, 2.45) is 0 Å². The van der Waals surface area contributed by atoms with E-state index in [0.29, 0.717) is 10.7 Å². The molecule has 7 nitrogen and oxygen atoms in total. The lowest BCUT2D eigenvalue weighted by molar-refractivity contribution is -1.27. The van der Waals surface area contributed by atoms with Gasteiger partial charge in [0.25, 0.3) is 6.20 Å². The first kappa shape index (κ1) is 16.9. The van der Waals surface area contributed by atoms with Crippen LogP contribution in [0.2, 0.25) is 5.02 Å². The Morgan fingerprint density at radius 2 is 1.88 bits per heavy atom. The molecule has 128 valence electrons. The molecule has 0 aliphatic rings. The van der Waals surface area contributed by atoms with Gasteiger partial charge in [0.1, 0.15) is 11.8 Å². The van der Waals surface area contributed by atoms with Gasteiger partial charge in [0.15, 0.2) is 0 Å². The Morgan fingerprint density at radius 1 is 1.20 bits per heavy atom. The molecule has 0 bridgehead atoms. The molecule has 1 heterocycles. The molecule has 1 atom stereocenters. The Bertz CT molecular complexity index is 865. The van der Waals surface area contributed by atoms with Crippen molar-refractivity contribution in [2.75, 3.05) is 11.1 Å². The fourth-order valence-corrected chi connectivity index (χ4v) is 2.45. The molecule has 3 aromatic rings. The normalized spacial score (nSPS) is 11.9. The molecule has 2 aromatic carbocycles. The fraction of sp³-hybridized carbons (Fsp3) is 0.118. The van der Waals surface area contributed by atoms with Crippen molar-refractivity contribution >= 4 is 29.2 Å². The molecule has 1 amide bonds. The number of nitrogens with zero attached hydrogens (tertiary/aromatic N) is 2. The van der Waals surface area contributed by atoms with Crippen LogP contribution in [0.5, 0.6) is 0 Å². The highest BCUT2D eigenvalue weighted by Gasteiger charge is 2.33. The molecule has 3 rings (SSSR count). The topological polar surface area (TPSA) is 96.2 Å². The summed E-state index contributed by atoms with van der Waals surface area (Å²) >= 11 is 5.82. The predicted molar refractivity (Wildman–Crippen MR) is 90.8 cm³/mol. The second-order valence-electron chi connectivity index (χ2n) is 5.38. The molecule has 1 aromatic heterocycles. The predicted octanol–water partition coefficient (Wildman–Crippen LogP) is 1.90. The van der Waals surface area contributed by atoms with Gasteiger partial charge in [-0.2, -0.15) is 10.1 Å². The number of halogens is 1. The third-order valence-corrected chi connectivity index (χ3v) is 3.77. The van der Waals surface area contributed by atoms with Crippen molar-refractivity contribution in [2.45, 2.75) is 12.6 Å². The number of nitrogens with two attached hydrogens (primary N) is 1. The summed E-state index contributed by atoms with van der Waals surface area (Å²) in [6.07, 6.45) is 0.617. The first-order valence-corrected chi connectivity index (χ1v) is 7.92. The van der Waals surface area contributed by atoms with E-state index in [0.717, 1.165) is 10.4 Å². The second kappa shape index (κ2) is 7.33. The Hall–Kier alpha value is -2.90. The lowest BCUT2D eigenvalue weighted by Crippen LogP contribution is -2.70. The van der Waals surface area contributed by atoms with Crippen LogP contribution in [0.4, 0.5) is 16.4 Å². The lowest BCUT2D eigenvalue weighted by Gasteiger charge is -2.04. The number of amides is 1. The van der Waals surface area contributed by atoms with Crippen LogP contribution in [0, 0.1) is 0 Å². The average molecular weight is 361 g/mol. The standard InChI is InChI=1S/C17H16ClN4O3/c18-13-6-8-14(9-7-13)20-17(24)22-21(11-16(19)25-22)10-15(23)12-4-2-1-3-5-12/h1-9,11,15,23H,10H2,(H2-,19,20,24)/q+1/p+1. The molecular weight excluding hydrogens is 344 g/mol. The quantitative estimate of drug-likeness (QED) is 0.619. The highest BCUT2D eigenvalue weighted by Crippen LogP contribution is 2.13. The first-order chi connectivity index (χ1) is 12.0. The van der Waals surface area contributed by atoms with E-state index < -0.39 is 12.1 Å². The van der Waals surface area contributed by atoms with Crippen LogP contribution >= 0.6 is 11.6 Å². The number of aliphatic hydroxyl groups excluding tert-OH is 1. The number of aliphatic hydroxyl groups is 1. The molecule has 0 aliphatic carbocycles. The minimum absolute atomic E-state index is 0.0477. The smallest absolute Gasteiger partial charge is 0.382 e. The molecule has 0 spiro atoms. The van der Waals surface area contributed by atoms with E-state index in [1.54, 1.807) is 36.4 Å². The highest BCUT2D eigenvalue weighted by molar-refractivity contribution is 6.30. The number of hydrogen-bond donors (Lipinski definition) is 3. The van der Waals surface area contributed by atoms with Crippen molar-refractivity contribution in [1.29, 1.82) is 0 Å². The molecule has 0 saturated heterocycles. The van der Waals surface area contributed by atoms with Gasteiger partial charge in [-0.25, -0.2) is 4.52 Å². The zero-order valence-electron chi connectivity index (χ0n) is 13.2. The summed E-state index contributed by atoms with van der Waals surface area (Å²) in [7, 11) is 0. The Morgan fingerprint density at radius 3 is 2.56 bits per heavy atom. The van der Waals surface area contributed by atoms with Gasteiger partial charge >= 0.3 is 11.9 Å². The van der Waals surface area contributed by atoms with Crippen molar-refractivity contribution < 1.29 is 24.0 Å². The molecule has 0 saturated carbocycles. The summed E-state index contributed by atoms with van der Waals surface area (Å²) in [6.45, 7) is 0.0960. The highest BCUT2D eigenvalue weighted by atomic mass is 35.5. The van der Waals surface area contributed by atoms with Crippen molar-refractivity contribution in [1.82, 2.24) is 0 Å². The number of carbonyl (C=O) groups is 1. The van der Waals surface area contributed by atoms with Gasteiger partial charge in [0.2, 0.25) is 11.4 Å². The largest absolute Gasteiger partial charge is 0.597 e. The van der Waals surface area contributed by atoms with Gasteiger partial charge < -0.3 is 10.8 Å². The van der Waals surface area contributed by atoms with Gasteiger partial charge in [-0.3, -0.25) is 0 Å². The van der Waals surface area contributed by atoms with Gasteiger partial charge in [0.05, 0.1) is 0 Å². The molecule has 0 aliphatic heterocycles. The third kappa shape index (κ3) is 4.14. The van der Waals surface area contributed by atoms with Crippen LogP contribution < -0.4 is 20.6 Å². The summed E-state index contributed by atoms with van der Waals surface area (Å²) in [5.41, 5.74) is 6.93. The number of nitrogens with one attached hydrogen (secondary N) is 1. The maximum Gasteiger partial charge on any atom is 0.597 e. The monoisotopic (exact) mass is 360 g/mol. The van der Waals surface area contributed by atoms with E-state index in [2.05, 4.69) is 5.32 Å². The Kier molecular flexibility index (Phi) is 4.97. The number of aromatic nitrogens is 2. The summed E-state index contributed by atoms with van der Waals surface area (Å²) in [5, 5.41) is 13.6. The molecule has 1 unspecified atom stereocenters. The van der Waals surface area contributed by atoms with Gasteiger partial charge in [-0.05, 0) is 29.8 Å². The zero-order chi connectivity index (χ0) is 17.8. The summed E-state index contributed by atoms with van der Waals surface area (Å²) in [5.74, 6) is 0.0477. The maximum absolute atomic E-state index is 12.4. The van der Waals surface area contributed by atoms with Crippen LogP contribution in [-0.4, -0.2) is 11.1 Å². The summed E-state index contributed by atoms with van der Waals surface area (Å²) in [6, 6.07) is 15.2. The number of carbonyl (C=O) groups excluding carboxylic acids is 1. The van der Waals surface area contributed by atoms with E-state index in [4.69, 9.17) is 21.9 Å². The fourth-order valence-electron chi connectivity index (χ4n) is 2.32. The average Bonchev–Trinajstić information content (AvgIpc) is 2.98. The summed E-state index contributed by atoms with van der Waals surface area (Å²) < 4.78 is 6.62. The molecule has 0 fully saturated rings. The van der Waals surface area contributed by atoms with Crippen molar-refractivity contribution in [3.63, 3.8) is 0 Å². The van der Waals surface area contributed by atoms with Crippen LogP contribution in [0.25, 0.3) is 0 Å². The molecular formula is C17H17ClN4O3+2. The number of benzene rings is 2. The molecule has 8 heteroatoms. The second-order valence-corrected chi connectivity index (χ2v) is 5.82. The van der Waals surface area contributed by atoms with E-state index in [-0.39, 0.29) is 12.4 Å². The van der Waals surface area contributed by atoms with E-state index in [1.807, 2.05) is 18.2 Å². The maximum atomic E-state index is 12.4. The van der Waals surface area contributed by atoms with E-state index >= 15 is 0 Å². The van der Waals surface area contributed by atoms with E-state index in [9.17, 15) is 9.90 Å². The number of hydrogen-bond acceptors (Lipinski definition) is 4. The minimum Gasteiger partial charge on any atom is -0.382 e. The molecule has 25 heavy (non-hydrogen) atoms. The number of nitrogen functional groups attached to an aromatic ring is 1. The van der Waals surface area contributed by atoms with Crippen LogP contribution in [0.1, 0.15) is 11.7 Å². The number of anilines is 2. The first-order valence-electron chi connectivity index (χ1n) is 7.54. The van der Waals surface area contributed by atoms with Crippen LogP contribution in [-0.2, 0) is 6.54 Å². The van der Waals surface area contributed by atoms with Crippen molar-refractivity contribution in [3.8, 4) is 0 Å². The van der Waals surface area contributed by atoms with E-state index in [1.165, 1.54) is 10.9 Å². The van der Waals surface area contributed by atoms with Crippen LogP contribution in [0.15, 0.2) is 65.3 Å². The Balaban J connectivity index is 1.78. The van der Waals surface area contributed by atoms with Crippen LogP contribution in [0.3, 0.4) is 0 Å². The van der Waals surface area contributed by atoms with Gasteiger partial charge in [0, 0.05) is 9.70 Å². The molecule has 0 radical (unpaired) electrons. The zero-order valence-corrected chi connectivity index (χ0v) is 13.9. The van der Waals surface area contributed by atoms with Crippen molar-refractivity contribution in [3.05, 3.63) is 71.4 Å². The Labute approximate surface area is 148 Å². The van der Waals surface area contributed by atoms with Gasteiger partial charge in [-0.1, -0.05) is 41.9 Å². The van der Waals surface area contributed by atoms with Gasteiger partial charge in [-0.15, -0.1) is 0 Å². The summed E-state index contributed by atoms with van der Waals surface area (Å²) in [4.78, 5) is 13.4. The third-order valence-electron chi connectivity index (χ3n) is 3.52. The SMILES string of the molecule is Nc1c[n+](CC(O)c2ccccc2)[n+](C(=O)Nc2ccc(Cl)cc2)o1. The number of rotatable bonds is 4.